The lowest BCUT2D eigenvalue weighted by atomic mass is 9.76. The molecule has 3 aromatic rings. The molecule has 4 rings (SSSR count). The van der Waals surface area contributed by atoms with E-state index in [0.717, 1.165) is 53.2 Å². The SMILES string of the molecule is Cc1n[nH]c(C)c1CNC(=O)Nc1cccc(-c2n[nH]c3c2CCC(C)(C)C3)c1. The molecule has 1 aromatic carbocycles. The first-order valence-corrected chi connectivity index (χ1v) is 10.0. The van der Waals surface area contributed by atoms with E-state index < -0.39 is 0 Å². The van der Waals surface area contributed by atoms with Crippen molar-refractivity contribution in [2.75, 3.05) is 5.32 Å². The highest BCUT2D eigenvalue weighted by Gasteiger charge is 2.29. The number of hydrogen-bond acceptors (Lipinski definition) is 3. The molecule has 7 heteroatoms. The van der Waals surface area contributed by atoms with Gasteiger partial charge in [-0.2, -0.15) is 10.2 Å². The highest BCUT2D eigenvalue weighted by Crippen LogP contribution is 2.38. The minimum absolute atomic E-state index is 0.243. The van der Waals surface area contributed by atoms with Gasteiger partial charge in [0.1, 0.15) is 0 Å². The highest BCUT2D eigenvalue weighted by atomic mass is 16.2. The van der Waals surface area contributed by atoms with Gasteiger partial charge in [0.15, 0.2) is 0 Å². The number of amides is 2. The van der Waals surface area contributed by atoms with Crippen LogP contribution in [0.2, 0.25) is 0 Å². The van der Waals surface area contributed by atoms with Gasteiger partial charge in [-0.05, 0) is 50.7 Å². The normalized spacial score (nSPS) is 15.0. The molecule has 0 unspecified atom stereocenters. The van der Waals surface area contributed by atoms with Gasteiger partial charge in [-0.1, -0.05) is 26.0 Å². The zero-order valence-electron chi connectivity index (χ0n) is 17.4. The quantitative estimate of drug-likeness (QED) is 0.534. The van der Waals surface area contributed by atoms with Crippen LogP contribution in [-0.4, -0.2) is 26.4 Å². The molecule has 2 amide bonds. The van der Waals surface area contributed by atoms with Crippen LogP contribution in [0.5, 0.6) is 0 Å². The summed E-state index contributed by atoms with van der Waals surface area (Å²) in [5, 5.41) is 20.7. The Labute approximate surface area is 170 Å². The minimum Gasteiger partial charge on any atom is -0.334 e. The van der Waals surface area contributed by atoms with Gasteiger partial charge < -0.3 is 10.6 Å². The molecule has 0 aliphatic heterocycles. The van der Waals surface area contributed by atoms with Crippen LogP contribution in [-0.2, 0) is 19.4 Å². The number of rotatable bonds is 4. The molecule has 7 nitrogen and oxygen atoms in total. The van der Waals surface area contributed by atoms with Crippen molar-refractivity contribution in [2.24, 2.45) is 5.41 Å². The van der Waals surface area contributed by atoms with E-state index >= 15 is 0 Å². The van der Waals surface area contributed by atoms with Crippen molar-refractivity contribution in [1.29, 1.82) is 0 Å². The maximum Gasteiger partial charge on any atom is 0.319 e. The van der Waals surface area contributed by atoms with Gasteiger partial charge in [-0.25, -0.2) is 4.79 Å². The Morgan fingerprint density at radius 1 is 1.21 bits per heavy atom. The zero-order valence-corrected chi connectivity index (χ0v) is 17.4. The van der Waals surface area contributed by atoms with Crippen LogP contribution in [0.25, 0.3) is 11.3 Å². The first-order valence-electron chi connectivity index (χ1n) is 10.0. The lowest BCUT2D eigenvalue weighted by Crippen LogP contribution is -2.28. The molecule has 152 valence electrons. The maximum absolute atomic E-state index is 12.4. The number of carbonyl (C=O) groups is 1. The Morgan fingerprint density at radius 3 is 2.79 bits per heavy atom. The van der Waals surface area contributed by atoms with Crippen LogP contribution in [0.4, 0.5) is 10.5 Å². The Bertz CT molecular complexity index is 1030. The van der Waals surface area contributed by atoms with Crippen LogP contribution < -0.4 is 10.6 Å². The predicted octanol–water partition coefficient (Wildman–Crippen LogP) is 4.25. The summed E-state index contributed by atoms with van der Waals surface area (Å²) in [6.07, 6.45) is 3.19. The summed E-state index contributed by atoms with van der Waals surface area (Å²) in [5.41, 5.74) is 8.48. The van der Waals surface area contributed by atoms with E-state index in [0.29, 0.717) is 12.0 Å². The number of benzene rings is 1. The van der Waals surface area contributed by atoms with Crippen LogP contribution in [0.1, 0.15) is 48.5 Å². The summed E-state index contributed by atoms with van der Waals surface area (Å²) in [5.74, 6) is 0. The van der Waals surface area contributed by atoms with Crippen molar-refractivity contribution >= 4 is 11.7 Å². The second-order valence-electron chi connectivity index (χ2n) is 8.67. The van der Waals surface area contributed by atoms with Crippen molar-refractivity contribution in [2.45, 2.75) is 53.5 Å². The van der Waals surface area contributed by atoms with E-state index in [-0.39, 0.29) is 6.03 Å². The molecule has 1 aliphatic rings. The van der Waals surface area contributed by atoms with Crippen molar-refractivity contribution in [3.05, 3.63) is 52.5 Å². The van der Waals surface area contributed by atoms with E-state index in [1.54, 1.807) is 0 Å². The number of hydrogen-bond donors (Lipinski definition) is 4. The number of anilines is 1. The molecule has 29 heavy (non-hydrogen) atoms. The minimum atomic E-state index is -0.243. The van der Waals surface area contributed by atoms with Crippen molar-refractivity contribution in [3.8, 4) is 11.3 Å². The monoisotopic (exact) mass is 392 g/mol. The molecule has 1 aliphatic carbocycles. The third-order valence-corrected chi connectivity index (χ3v) is 5.76. The molecular formula is C22H28N6O. The van der Waals surface area contributed by atoms with E-state index in [1.807, 2.05) is 38.1 Å². The van der Waals surface area contributed by atoms with Gasteiger partial charge in [0.25, 0.3) is 0 Å². The first kappa shape index (κ1) is 19.2. The summed E-state index contributed by atoms with van der Waals surface area (Å²) in [6.45, 7) is 8.90. The standard InChI is InChI=1S/C22H28N6O/c1-13-18(14(2)26-25-13)12-23-21(29)24-16-7-5-6-15(10-16)20-17-8-9-22(3,4)11-19(17)27-28-20/h5-7,10H,8-9,11-12H2,1-4H3,(H,25,26)(H,27,28)(H2,23,24,29). The second kappa shape index (κ2) is 7.39. The summed E-state index contributed by atoms with van der Waals surface area (Å²) in [7, 11) is 0. The molecule has 0 radical (unpaired) electrons. The van der Waals surface area contributed by atoms with Crippen molar-refractivity contribution < 1.29 is 4.79 Å². The second-order valence-corrected chi connectivity index (χ2v) is 8.67. The summed E-state index contributed by atoms with van der Waals surface area (Å²) < 4.78 is 0. The van der Waals surface area contributed by atoms with Crippen molar-refractivity contribution in [1.82, 2.24) is 25.7 Å². The molecule has 0 saturated heterocycles. The third kappa shape index (κ3) is 4.04. The van der Waals surface area contributed by atoms with Crippen LogP contribution >= 0.6 is 0 Å². The zero-order chi connectivity index (χ0) is 20.6. The Hall–Kier alpha value is -3.09. The molecule has 2 aromatic heterocycles. The van der Waals surface area contributed by atoms with Crippen LogP contribution in [0, 0.1) is 19.3 Å². The summed E-state index contributed by atoms with van der Waals surface area (Å²) in [6, 6.07) is 7.61. The molecular weight excluding hydrogens is 364 g/mol. The van der Waals surface area contributed by atoms with E-state index in [4.69, 9.17) is 0 Å². The highest BCUT2D eigenvalue weighted by molar-refractivity contribution is 5.90. The number of carbonyl (C=O) groups excluding carboxylic acids is 1. The fraction of sp³-hybridized carbons (Fsp3) is 0.409. The van der Waals surface area contributed by atoms with Crippen LogP contribution in [0.15, 0.2) is 24.3 Å². The lowest BCUT2D eigenvalue weighted by Gasteiger charge is -2.29. The number of aromatic amines is 2. The summed E-state index contributed by atoms with van der Waals surface area (Å²) >= 11 is 0. The van der Waals surface area contributed by atoms with Gasteiger partial charge in [0, 0.05) is 40.3 Å². The number of fused-ring (bicyclic) bond motifs is 1. The molecule has 0 saturated carbocycles. The largest absolute Gasteiger partial charge is 0.334 e. The molecule has 0 atom stereocenters. The number of nitrogens with zero attached hydrogens (tertiary/aromatic N) is 2. The smallest absolute Gasteiger partial charge is 0.319 e. The van der Waals surface area contributed by atoms with E-state index in [2.05, 4.69) is 44.9 Å². The van der Waals surface area contributed by atoms with Gasteiger partial charge in [-0.15, -0.1) is 0 Å². The predicted molar refractivity (Wildman–Crippen MR) is 114 cm³/mol. The fourth-order valence-corrected chi connectivity index (χ4v) is 4.01. The number of aromatic nitrogens is 4. The van der Waals surface area contributed by atoms with Gasteiger partial charge in [-0.3, -0.25) is 10.2 Å². The topological polar surface area (TPSA) is 98.5 Å². The van der Waals surface area contributed by atoms with Gasteiger partial charge >= 0.3 is 6.03 Å². The molecule has 0 spiro atoms. The number of urea groups is 1. The average molecular weight is 393 g/mol. The maximum atomic E-state index is 12.4. The molecule has 0 bridgehead atoms. The first-order chi connectivity index (χ1) is 13.8. The summed E-state index contributed by atoms with van der Waals surface area (Å²) in [4.78, 5) is 12.4. The Kier molecular flexibility index (Phi) is 4.90. The number of H-pyrrole nitrogens is 2. The Morgan fingerprint density at radius 2 is 2.03 bits per heavy atom. The van der Waals surface area contributed by atoms with Gasteiger partial charge in [0.2, 0.25) is 0 Å². The van der Waals surface area contributed by atoms with E-state index in [9.17, 15) is 4.79 Å². The third-order valence-electron chi connectivity index (χ3n) is 5.76. The van der Waals surface area contributed by atoms with E-state index in [1.165, 1.54) is 11.3 Å². The number of aryl methyl sites for hydroxylation is 2. The Balaban J connectivity index is 1.46. The number of nitrogens with one attached hydrogen (secondary N) is 4. The lowest BCUT2D eigenvalue weighted by molar-refractivity contribution is 0.251. The fourth-order valence-electron chi connectivity index (χ4n) is 4.01. The molecule has 4 N–H and O–H groups in total. The van der Waals surface area contributed by atoms with Gasteiger partial charge in [0.05, 0.1) is 11.4 Å². The average Bonchev–Trinajstić information content (AvgIpc) is 3.22. The molecule has 0 fully saturated rings. The molecule has 2 heterocycles. The van der Waals surface area contributed by atoms with Crippen molar-refractivity contribution in [3.63, 3.8) is 0 Å². The van der Waals surface area contributed by atoms with Crippen LogP contribution in [0.3, 0.4) is 0 Å².